The number of nitrogens with zero attached hydrogens (tertiary/aromatic N) is 1. The van der Waals surface area contributed by atoms with Gasteiger partial charge in [0, 0.05) is 30.8 Å². The molecule has 0 saturated carbocycles. The van der Waals surface area contributed by atoms with E-state index in [1.54, 1.807) is 4.90 Å². The van der Waals surface area contributed by atoms with Gasteiger partial charge in [0.05, 0.1) is 24.3 Å². The van der Waals surface area contributed by atoms with Crippen molar-refractivity contribution in [2.75, 3.05) is 32.8 Å². The van der Waals surface area contributed by atoms with Crippen molar-refractivity contribution in [3.8, 4) is 0 Å². The van der Waals surface area contributed by atoms with E-state index in [-0.39, 0.29) is 35.0 Å². The molecule has 2 amide bonds. The van der Waals surface area contributed by atoms with Crippen molar-refractivity contribution in [1.82, 2.24) is 15.5 Å². The van der Waals surface area contributed by atoms with Crippen molar-refractivity contribution in [3.63, 3.8) is 0 Å². The first-order valence-corrected chi connectivity index (χ1v) is 8.80. The van der Waals surface area contributed by atoms with Gasteiger partial charge in [0.1, 0.15) is 5.82 Å². The Morgan fingerprint density at radius 3 is 2.80 bits per heavy atom. The highest BCUT2D eigenvalue weighted by molar-refractivity contribution is 6.31. The zero-order valence-corrected chi connectivity index (χ0v) is 14.6. The maximum atomic E-state index is 14.3. The highest BCUT2D eigenvalue weighted by Crippen LogP contribution is 2.22. The Labute approximate surface area is 150 Å². The summed E-state index contributed by atoms with van der Waals surface area (Å²) in [5.41, 5.74) is 0.520. The number of nitrogens with one attached hydrogen (secondary N) is 2. The third-order valence-corrected chi connectivity index (χ3v) is 4.75. The second-order valence-corrected chi connectivity index (χ2v) is 6.61. The van der Waals surface area contributed by atoms with Crippen molar-refractivity contribution in [2.24, 2.45) is 0 Å². The molecule has 6 nitrogen and oxygen atoms in total. The Kier molecular flexibility index (Phi) is 5.88. The van der Waals surface area contributed by atoms with Crippen LogP contribution in [0.25, 0.3) is 0 Å². The predicted molar refractivity (Wildman–Crippen MR) is 91.0 cm³/mol. The van der Waals surface area contributed by atoms with Gasteiger partial charge in [-0.25, -0.2) is 4.39 Å². The fourth-order valence-electron chi connectivity index (χ4n) is 3.06. The molecule has 2 aliphatic rings. The zero-order chi connectivity index (χ0) is 17.8. The van der Waals surface area contributed by atoms with Gasteiger partial charge in [-0.15, -0.1) is 0 Å². The Balaban J connectivity index is 1.71. The van der Waals surface area contributed by atoms with Crippen molar-refractivity contribution in [3.05, 3.63) is 34.1 Å². The van der Waals surface area contributed by atoms with Gasteiger partial charge in [0.2, 0.25) is 5.91 Å². The molecule has 1 aromatic rings. The van der Waals surface area contributed by atoms with Crippen LogP contribution in [0.4, 0.5) is 4.39 Å². The molecule has 2 N–H and O–H groups in total. The molecule has 2 heterocycles. The smallest absolute Gasteiger partial charge is 0.254 e. The molecule has 0 bridgehead atoms. The van der Waals surface area contributed by atoms with Crippen LogP contribution in [0, 0.1) is 5.82 Å². The van der Waals surface area contributed by atoms with Gasteiger partial charge in [0.15, 0.2) is 0 Å². The quantitative estimate of drug-likeness (QED) is 0.839. The van der Waals surface area contributed by atoms with Crippen molar-refractivity contribution in [2.45, 2.75) is 25.4 Å². The standard InChI is InChI=1S/C17H21ClFN3O3/c18-13-9-11(17(24)22-4-6-25-7-5-22)8-12(15(13)19)10-21-16(23)14-2-1-3-20-14/h8-9,14,20H,1-7,10H2,(H,21,23)/t14-/m0/s1. The molecule has 0 aromatic heterocycles. The minimum absolute atomic E-state index is 0.00715. The second kappa shape index (κ2) is 8.12. The van der Waals surface area contributed by atoms with Gasteiger partial charge >= 0.3 is 0 Å². The van der Waals surface area contributed by atoms with E-state index >= 15 is 0 Å². The van der Waals surface area contributed by atoms with Crippen LogP contribution in [0.15, 0.2) is 12.1 Å². The minimum atomic E-state index is -0.611. The lowest BCUT2D eigenvalue weighted by atomic mass is 10.1. The molecule has 0 unspecified atom stereocenters. The summed E-state index contributed by atoms with van der Waals surface area (Å²) in [6.45, 7) is 2.76. The molecule has 25 heavy (non-hydrogen) atoms. The van der Waals surface area contributed by atoms with Crippen molar-refractivity contribution in [1.29, 1.82) is 0 Å². The summed E-state index contributed by atoms with van der Waals surface area (Å²) in [6.07, 6.45) is 1.71. The molecule has 2 aliphatic heterocycles. The fourth-order valence-corrected chi connectivity index (χ4v) is 3.30. The van der Waals surface area contributed by atoms with Gasteiger partial charge in [-0.3, -0.25) is 9.59 Å². The van der Waals surface area contributed by atoms with Crippen LogP contribution < -0.4 is 10.6 Å². The first-order chi connectivity index (χ1) is 12.1. The maximum absolute atomic E-state index is 14.3. The number of hydrogen-bond acceptors (Lipinski definition) is 4. The van der Waals surface area contributed by atoms with E-state index < -0.39 is 5.82 Å². The Morgan fingerprint density at radius 1 is 1.36 bits per heavy atom. The molecule has 8 heteroatoms. The van der Waals surface area contributed by atoms with E-state index in [0.717, 1.165) is 19.4 Å². The SMILES string of the molecule is O=C(NCc1cc(C(=O)N2CCOCC2)cc(Cl)c1F)[C@@H]1CCCN1. The number of carbonyl (C=O) groups is 2. The van der Waals surface area contributed by atoms with E-state index in [0.29, 0.717) is 31.9 Å². The molecule has 2 fully saturated rings. The number of carbonyl (C=O) groups excluding carboxylic acids is 2. The van der Waals surface area contributed by atoms with Crippen LogP contribution in [-0.4, -0.2) is 55.6 Å². The van der Waals surface area contributed by atoms with Crippen LogP contribution in [0.2, 0.25) is 5.02 Å². The minimum Gasteiger partial charge on any atom is -0.378 e. The average Bonchev–Trinajstić information content (AvgIpc) is 3.17. The Morgan fingerprint density at radius 2 is 2.12 bits per heavy atom. The van der Waals surface area contributed by atoms with Crippen LogP contribution >= 0.6 is 11.6 Å². The Hall–Kier alpha value is -1.70. The first kappa shape index (κ1) is 18.1. The number of rotatable bonds is 4. The average molecular weight is 370 g/mol. The third kappa shape index (κ3) is 4.29. The summed E-state index contributed by atoms with van der Waals surface area (Å²) >= 11 is 5.95. The van der Waals surface area contributed by atoms with Gasteiger partial charge in [-0.05, 0) is 31.5 Å². The van der Waals surface area contributed by atoms with Gasteiger partial charge < -0.3 is 20.3 Å². The number of hydrogen-bond donors (Lipinski definition) is 2. The lowest BCUT2D eigenvalue weighted by Crippen LogP contribution is -2.41. The van der Waals surface area contributed by atoms with Crippen LogP contribution in [-0.2, 0) is 16.1 Å². The van der Waals surface area contributed by atoms with E-state index in [9.17, 15) is 14.0 Å². The predicted octanol–water partition coefficient (Wildman–Crippen LogP) is 1.32. The molecule has 0 radical (unpaired) electrons. The summed E-state index contributed by atoms with van der Waals surface area (Å²) in [7, 11) is 0. The number of halogens is 2. The van der Waals surface area contributed by atoms with Crippen molar-refractivity contribution < 1.29 is 18.7 Å². The molecular formula is C17H21ClFN3O3. The maximum Gasteiger partial charge on any atom is 0.254 e. The van der Waals surface area contributed by atoms with Crippen LogP contribution in [0.5, 0.6) is 0 Å². The molecule has 0 aliphatic carbocycles. The highest BCUT2D eigenvalue weighted by Gasteiger charge is 2.23. The molecule has 1 atom stereocenters. The molecule has 136 valence electrons. The molecule has 3 rings (SSSR count). The van der Waals surface area contributed by atoms with E-state index in [1.807, 2.05) is 0 Å². The summed E-state index contributed by atoms with van der Waals surface area (Å²) in [5, 5.41) is 5.67. The van der Waals surface area contributed by atoms with Gasteiger partial charge in [-0.1, -0.05) is 11.6 Å². The summed E-state index contributed by atoms with van der Waals surface area (Å²) in [6, 6.07) is 2.55. The fraction of sp³-hybridized carbons (Fsp3) is 0.529. The number of morpholine rings is 1. The largest absolute Gasteiger partial charge is 0.378 e. The molecule has 2 saturated heterocycles. The van der Waals surface area contributed by atoms with Gasteiger partial charge in [0.25, 0.3) is 5.91 Å². The summed E-state index contributed by atoms with van der Waals surface area (Å²) in [4.78, 5) is 26.3. The van der Waals surface area contributed by atoms with Crippen LogP contribution in [0.3, 0.4) is 0 Å². The zero-order valence-electron chi connectivity index (χ0n) is 13.8. The van der Waals surface area contributed by atoms with E-state index in [4.69, 9.17) is 16.3 Å². The lowest BCUT2D eigenvalue weighted by Gasteiger charge is -2.27. The number of amides is 2. The van der Waals surface area contributed by atoms with Crippen LogP contribution in [0.1, 0.15) is 28.8 Å². The lowest BCUT2D eigenvalue weighted by molar-refractivity contribution is -0.122. The Bertz CT molecular complexity index is 659. The summed E-state index contributed by atoms with van der Waals surface area (Å²) in [5.74, 6) is -0.993. The monoisotopic (exact) mass is 369 g/mol. The van der Waals surface area contributed by atoms with Gasteiger partial charge in [-0.2, -0.15) is 0 Å². The second-order valence-electron chi connectivity index (χ2n) is 6.20. The summed E-state index contributed by atoms with van der Waals surface area (Å²) < 4.78 is 19.5. The third-order valence-electron chi connectivity index (χ3n) is 4.48. The molecule has 0 spiro atoms. The molecular weight excluding hydrogens is 349 g/mol. The molecule has 1 aromatic carbocycles. The normalized spacial score (nSPS) is 20.6. The van der Waals surface area contributed by atoms with E-state index in [2.05, 4.69) is 10.6 Å². The first-order valence-electron chi connectivity index (χ1n) is 8.42. The van der Waals surface area contributed by atoms with Crippen molar-refractivity contribution >= 4 is 23.4 Å². The number of ether oxygens (including phenoxy) is 1. The van der Waals surface area contributed by atoms with E-state index in [1.165, 1.54) is 12.1 Å². The topological polar surface area (TPSA) is 70.7 Å². The number of benzene rings is 1. The highest BCUT2D eigenvalue weighted by atomic mass is 35.5.